The Morgan fingerprint density at radius 3 is 2.39 bits per heavy atom. The largest absolute Gasteiger partial charge is 0.493 e. The van der Waals surface area contributed by atoms with E-state index in [2.05, 4.69) is 0 Å². The standard InChI is InChI=1S/C26H22O7/c1-3-30-26(28)25(17-9-5-4-6-10-17)32-18-13-14-19-22(15-18)31-16-23(24(19)27)33-21-12-8-7-11-20(21)29-2/h4-16,25H,3H2,1-2H3. The van der Waals surface area contributed by atoms with Crippen LogP contribution in [0, 0.1) is 0 Å². The van der Waals surface area contributed by atoms with E-state index in [1.54, 1.807) is 61.5 Å². The molecule has 0 spiro atoms. The maximum absolute atomic E-state index is 12.9. The van der Waals surface area contributed by atoms with Crippen LogP contribution < -0.4 is 19.6 Å². The van der Waals surface area contributed by atoms with Crippen LogP contribution in [-0.4, -0.2) is 19.7 Å². The number of ether oxygens (including phenoxy) is 4. The van der Waals surface area contributed by atoms with Crippen LogP contribution in [0.4, 0.5) is 0 Å². The number of rotatable bonds is 8. The number of carbonyl (C=O) groups excluding carboxylic acids is 1. The van der Waals surface area contributed by atoms with Crippen molar-refractivity contribution in [3.8, 4) is 23.0 Å². The maximum Gasteiger partial charge on any atom is 0.352 e. The minimum absolute atomic E-state index is 0.0226. The van der Waals surface area contributed by atoms with Crippen LogP contribution in [0.15, 0.2) is 88.3 Å². The first-order valence-corrected chi connectivity index (χ1v) is 10.4. The molecule has 1 unspecified atom stereocenters. The number of methoxy groups -OCH3 is 1. The zero-order chi connectivity index (χ0) is 23.2. The Labute approximate surface area is 190 Å². The summed E-state index contributed by atoms with van der Waals surface area (Å²) >= 11 is 0. The predicted molar refractivity (Wildman–Crippen MR) is 122 cm³/mol. The van der Waals surface area contributed by atoms with E-state index in [0.717, 1.165) is 0 Å². The van der Waals surface area contributed by atoms with Gasteiger partial charge in [-0.05, 0) is 31.2 Å². The van der Waals surface area contributed by atoms with E-state index in [1.807, 2.05) is 18.2 Å². The number of hydrogen-bond donors (Lipinski definition) is 0. The fraction of sp³-hybridized carbons (Fsp3) is 0.154. The molecule has 0 bridgehead atoms. The summed E-state index contributed by atoms with van der Waals surface area (Å²) in [6.45, 7) is 1.96. The van der Waals surface area contributed by atoms with Crippen molar-refractivity contribution in [2.75, 3.05) is 13.7 Å². The highest BCUT2D eigenvalue weighted by Crippen LogP contribution is 2.31. The summed E-state index contributed by atoms with van der Waals surface area (Å²) in [5.74, 6) is 0.754. The second-order valence-electron chi connectivity index (χ2n) is 7.00. The molecule has 1 heterocycles. The molecule has 4 aromatic rings. The first-order valence-electron chi connectivity index (χ1n) is 10.4. The highest BCUT2D eigenvalue weighted by atomic mass is 16.6. The predicted octanol–water partition coefficient (Wildman–Crippen LogP) is 5.28. The van der Waals surface area contributed by atoms with Crippen LogP contribution in [0.5, 0.6) is 23.0 Å². The molecule has 1 aromatic heterocycles. The van der Waals surface area contributed by atoms with Crippen LogP contribution >= 0.6 is 0 Å². The van der Waals surface area contributed by atoms with Crippen molar-refractivity contribution in [2.45, 2.75) is 13.0 Å². The van der Waals surface area contributed by atoms with Crippen LogP contribution in [0.3, 0.4) is 0 Å². The first-order chi connectivity index (χ1) is 16.1. The molecule has 3 aromatic carbocycles. The van der Waals surface area contributed by atoms with Gasteiger partial charge in [0.15, 0.2) is 11.5 Å². The number of fused-ring (bicyclic) bond motifs is 1. The highest BCUT2D eigenvalue weighted by Gasteiger charge is 2.24. The second-order valence-corrected chi connectivity index (χ2v) is 7.00. The van der Waals surface area contributed by atoms with Crippen molar-refractivity contribution < 1.29 is 28.2 Å². The molecular weight excluding hydrogens is 424 g/mol. The van der Waals surface area contributed by atoms with Crippen LogP contribution in [0.25, 0.3) is 11.0 Å². The third-order valence-electron chi connectivity index (χ3n) is 4.86. The van der Waals surface area contributed by atoms with Gasteiger partial charge >= 0.3 is 5.97 Å². The lowest BCUT2D eigenvalue weighted by Gasteiger charge is -2.18. The molecule has 7 nitrogen and oxygen atoms in total. The Bertz CT molecular complexity index is 1310. The van der Waals surface area contributed by atoms with Crippen molar-refractivity contribution in [1.29, 1.82) is 0 Å². The Kier molecular flexibility index (Phi) is 6.59. The average Bonchev–Trinajstić information content (AvgIpc) is 2.85. The van der Waals surface area contributed by atoms with Crippen molar-refractivity contribution in [1.82, 2.24) is 0 Å². The third-order valence-corrected chi connectivity index (χ3v) is 4.86. The molecule has 0 saturated carbocycles. The Hall–Kier alpha value is -4.26. The van der Waals surface area contributed by atoms with Gasteiger partial charge in [0.25, 0.3) is 0 Å². The fourth-order valence-corrected chi connectivity index (χ4v) is 3.29. The Morgan fingerprint density at radius 1 is 0.939 bits per heavy atom. The zero-order valence-electron chi connectivity index (χ0n) is 18.1. The molecule has 4 rings (SSSR count). The summed E-state index contributed by atoms with van der Waals surface area (Å²) in [6.07, 6.45) is 0.282. The summed E-state index contributed by atoms with van der Waals surface area (Å²) in [4.78, 5) is 25.4. The van der Waals surface area contributed by atoms with Gasteiger partial charge in [0.2, 0.25) is 17.3 Å². The van der Waals surface area contributed by atoms with E-state index >= 15 is 0 Å². The number of esters is 1. The molecule has 0 fully saturated rings. The van der Waals surface area contributed by atoms with E-state index in [9.17, 15) is 9.59 Å². The van der Waals surface area contributed by atoms with Gasteiger partial charge in [-0.2, -0.15) is 0 Å². The van der Waals surface area contributed by atoms with E-state index in [1.165, 1.54) is 13.4 Å². The van der Waals surface area contributed by atoms with Gasteiger partial charge in [0, 0.05) is 11.6 Å². The van der Waals surface area contributed by atoms with Crippen molar-refractivity contribution >= 4 is 16.9 Å². The highest BCUT2D eigenvalue weighted by molar-refractivity contribution is 5.80. The molecule has 1 atom stereocenters. The summed E-state index contributed by atoms with van der Waals surface area (Å²) in [5, 5.41) is 0.308. The van der Waals surface area contributed by atoms with Crippen molar-refractivity contribution in [3.63, 3.8) is 0 Å². The van der Waals surface area contributed by atoms with E-state index in [-0.39, 0.29) is 17.8 Å². The number of hydrogen-bond acceptors (Lipinski definition) is 7. The lowest BCUT2D eigenvalue weighted by molar-refractivity contribution is -0.151. The van der Waals surface area contributed by atoms with Crippen molar-refractivity contribution in [2.24, 2.45) is 0 Å². The molecule has 0 aliphatic heterocycles. The van der Waals surface area contributed by atoms with E-state index < -0.39 is 12.1 Å². The van der Waals surface area contributed by atoms with E-state index in [0.29, 0.717) is 33.8 Å². The molecule has 33 heavy (non-hydrogen) atoms. The van der Waals surface area contributed by atoms with Crippen LogP contribution in [-0.2, 0) is 9.53 Å². The third kappa shape index (κ3) is 4.82. The lowest BCUT2D eigenvalue weighted by Crippen LogP contribution is -2.21. The van der Waals surface area contributed by atoms with Gasteiger partial charge in [0.05, 0.1) is 19.1 Å². The Morgan fingerprint density at radius 2 is 1.67 bits per heavy atom. The molecule has 0 aliphatic rings. The summed E-state index contributed by atoms with van der Waals surface area (Å²) in [7, 11) is 1.52. The number of para-hydroxylation sites is 2. The molecule has 0 N–H and O–H groups in total. The summed E-state index contributed by atoms with van der Waals surface area (Å²) < 4.78 is 27.7. The monoisotopic (exact) mass is 446 g/mol. The lowest BCUT2D eigenvalue weighted by atomic mass is 10.1. The Balaban J connectivity index is 1.63. The minimum atomic E-state index is -0.955. The molecule has 0 aliphatic carbocycles. The topological polar surface area (TPSA) is 84.2 Å². The smallest absolute Gasteiger partial charge is 0.352 e. The van der Waals surface area contributed by atoms with E-state index in [4.69, 9.17) is 23.4 Å². The molecular formula is C26H22O7. The fourth-order valence-electron chi connectivity index (χ4n) is 3.29. The van der Waals surface area contributed by atoms with Gasteiger partial charge in [-0.1, -0.05) is 42.5 Å². The van der Waals surface area contributed by atoms with Gasteiger partial charge in [-0.15, -0.1) is 0 Å². The minimum Gasteiger partial charge on any atom is -0.493 e. The summed E-state index contributed by atoms with van der Waals surface area (Å²) in [5.41, 5.74) is 0.595. The molecule has 7 heteroatoms. The quantitative estimate of drug-likeness (QED) is 0.341. The zero-order valence-corrected chi connectivity index (χ0v) is 18.1. The number of carbonyl (C=O) groups is 1. The van der Waals surface area contributed by atoms with Gasteiger partial charge in [0.1, 0.15) is 17.6 Å². The average molecular weight is 446 g/mol. The molecule has 0 saturated heterocycles. The molecule has 168 valence electrons. The maximum atomic E-state index is 12.9. The van der Waals surface area contributed by atoms with Crippen molar-refractivity contribution in [3.05, 3.63) is 94.8 Å². The van der Waals surface area contributed by atoms with Crippen LogP contribution in [0.2, 0.25) is 0 Å². The molecule has 0 amide bonds. The van der Waals surface area contributed by atoms with Gasteiger partial charge in [-0.25, -0.2) is 4.79 Å². The van der Waals surface area contributed by atoms with Crippen LogP contribution in [0.1, 0.15) is 18.6 Å². The number of benzene rings is 3. The first kappa shape index (κ1) is 22.0. The van der Waals surface area contributed by atoms with Gasteiger partial charge < -0.3 is 23.4 Å². The SMILES string of the molecule is CCOC(=O)C(Oc1ccc2c(=O)c(Oc3ccccc3OC)coc2c1)c1ccccc1. The molecule has 0 radical (unpaired) electrons. The normalized spacial score (nSPS) is 11.6. The van der Waals surface area contributed by atoms with Gasteiger partial charge in [-0.3, -0.25) is 4.79 Å². The summed E-state index contributed by atoms with van der Waals surface area (Å²) in [6, 6.07) is 20.8. The second kappa shape index (κ2) is 9.91.